The minimum Gasteiger partial charge on any atom is -0.386 e. The number of benzene rings is 1. The Labute approximate surface area is 104 Å². The fourth-order valence-electron chi connectivity index (χ4n) is 1.92. The van der Waals surface area contributed by atoms with E-state index in [-0.39, 0.29) is 11.7 Å². The molecule has 1 heterocycles. The van der Waals surface area contributed by atoms with Crippen LogP contribution in [0, 0.1) is 11.7 Å². The van der Waals surface area contributed by atoms with Gasteiger partial charge in [-0.25, -0.2) is 4.39 Å². The van der Waals surface area contributed by atoms with E-state index in [1.54, 1.807) is 6.07 Å². The highest BCUT2D eigenvalue weighted by atomic mass is 35.5. The van der Waals surface area contributed by atoms with Gasteiger partial charge in [0.2, 0.25) is 0 Å². The minimum atomic E-state index is -0.368. The molecule has 5 heteroatoms. The Bertz CT molecular complexity index is 476. The van der Waals surface area contributed by atoms with Crippen molar-refractivity contribution in [2.45, 2.75) is 19.8 Å². The molecule has 1 aliphatic rings. The summed E-state index contributed by atoms with van der Waals surface area (Å²) in [5.41, 5.74) is 7.08. The van der Waals surface area contributed by atoms with Crippen LogP contribution >= 0.6 is 11.6 Å². The monoisotopic (exact) mass is 253 g/mol. The molecule has 2 N–H and O–H groups in total. The third-order valence-corrected chi connectivity index (χ3v) is 3.00. The number of nitrogens with two attached hydrogens (primary N) is 1. The summed E-state index contributed by atoms with van der Waals surface area (Å²) in [5.74, 6) is 0.320. The molecule has 0 radical (unpaired) electrons. The molecule has 17 heavy (non-hydrogen) atoms. The van der Waals surface area contributed by atoms with Crippen molar-refractivity contribution in [2.24, 2.45) is 21.9 Å². The summed E-state index contributed by atoms with van der Waals surface area (Å²) < 4.78 is 13.3. The Kier molecular flexibility index (Phi) is 3.43. The van der Waals surface area contributed by atoms with E-state index >= 15 is 0 Å². The number of rotatable bonds is 2. The van der Waals surface area contributed by atoms with Gasteiger partial charge >= 0.3 is 0 Å². The van der Waals surface area contributed by atoms with Crippen LogP contribution in [0.2, 0.25) is 5.02 Å². The van der Waals surface area contributed by atoms with Crippen LogP contribution in [0.15, 0.2) is 28.4 Å². The summed E-state index contributed by atoms with van der Waals surface area (Å²) in [7, 11) is 0. The minimum absolute atomic E-state index is 0.172. The fraction of sp³-hybridized carbons (Fsp3) is 0.333. The summed E-state index contributed by atoms with van der Waals surface area (Å²) in [4.78, 5) is 0. The molecule has 3 nitrogen and oxygen atoms in total. The zero-order valence-electron chi connectivity index (χ0n) is 9.45. The van der Waals surface area contributed by atoms with E-state index in [9.17, 15) is 4.39 Å². The molecule has 0 aromatic heterocycles. The number of hydrogen-bond donors (Lipinski definition) is 1. The summed E-state index contributed by atoms with van der Waals surface area (Å²) in [6.45, 7) is 2.04. The van der Waals surface area contributed by atoms with Crippen molar-refractivity contribution in [1.82, 2.24) is 0 Å². The molecule has 2 rings (SSSR count). The third kappa shape index (κ3) is 2.64. The van der Waals surface area contributed by atoms with E-state index in [1.165, 1.54) is 12.1 Å². The van der Waals surface area contributed by atoms with Crippen LogP contribution in [0.25, 0.3) is 0 Å². The molecule has 1 aliphatic heterocycles. The normalized spacial score (nSPS) is 19.8. The van der Waals surface area contributed by atoms with Gasteiger partial charge < -0.3 is 5.73 Å². The van der Waals surface area contributed by atoms with Crippen molar-refractivity contribution < 1.29 is 4.39 Å². The van der Waals surface area contributed by atoms with Crippen LogP contribution in [0.1, 0.15) is 25.3 Å². The first-order valence-electron chi connectivity index (χ1n) is 5.46. The van der Waals surface area contributed by atoms with Gasteiger partial charge in [-0.15, -0.1) is 5.10 Å². The highest BCUT2D eigenvalue weighted by Crippen LogP contribution is 2.23. The van der Waals surface area contributed by atoms with Crippen LogP contribution in [-0.4, -0.2) is 11.5 Å². The van der Waals surface area contributed by atoms with Gasteiger partial charge in [-0.3, -0.25) is 0 Å². The summed E-state index contributed by atoms with van der Waals surface area (Å²) in [6.07, 6.45) is 1.53. The first kappa shape index (κ1) is 12.0. The first-order valence-corrected chi connectivity index (χ1v) is 5.84. The molecule has 0 aliphatic carbocycles. The van der Waals surface area contributed by atoms with E-state index in [4.69, 9.17) is 17.3 Å². The third-order valence-electron chi connectivity index (χ3n) is 2.78. The standard InChI is InChI=1S/C12H13ClFN3/c1-2-7-5-11(15)16-17-12(7)8-3-9(13)6-10(14)4-8/h3-4,6-7H,2,5H2,1H3,(H2,15,16). The number of amidine groups is 1. The van der Waals surface area contributed by atoms with E-state index < -0.39 is 0 Å². The molecule has 1 unspecified atom stereocenters. The van der Waals surface area contributed by atoms with Crippen LogP contribution < -0.4 is 5.73 Å². The predicted octanol–water partition coefficient (Wildman–Crippen LogP) is 2.97. The van der Waals surface area contributed by atoms with Crippen LogP contribution in [0.5, 0.6) is 0 Å². The maximum absolute atomic E-state index is 13.3. The molecule has 0 saturated carbocycles. The maximum atomic E-state index is 13.3. The van der Waals surface area contributed by atoms with Gasteiger partial charge in [-0.05, 0) is 24.6 Å². The van der Waals surface area contributed by atoms with Gasteiger partial charge in [0.15, 0.2) is 0 Å². The van der Waals surface area contributed by atoms with Crippen molar-refractivity contribution >= 4 is 23.1 Å². The van der Waals surface area contributed by atoms with Crippen LogP contribution in [0.4, 0.5) is 4.39 Å². The van der Waals surface area contributed by atoms with Gasteiger partial charge in [-0.2, -0.15) is 5.10 Å². The van der Waals surface area contributed by atoms with Crippen molar-refractivity contribution in [2.75, 3.05) is 0 Å². The fourth-order valence-corrected chi connectivity index (χ4v) is 2.14. The lowest BCUT2D eigenvalue weighted by Gasteiger charge is -2.20. The summed E-state index contributed by atoms with van der Waals surface area (Å²) in [5, 5.41) is 8.29. The SMILES string of the molecule is CCC1CC(N)=NN=C1c1cc(F)cc(Cl)c1. The smallest absolute Gasteiger partial charge is 0.125 e. The second-order valence-corrected chi connectivity index (χ2v) is 4.48. The average Bonchev–Trinajstić information content (AvgIpc) is 2.27. The van der Waals surface area contributed by atoms with E-state index in [0.717, 1.165) is 12.1 Å². The summed E-state index contributed by atoms with van der Waals surface area (Å²) >= 11 is 5.83. The Hall–Kier alpha value is -1.42. The van der Waals surface area contributed by atoms with E-state index in [2.05, 4.69) is 10.2 Å². The lowest BCUT2D eigenvalue weighted by Crippen LogP contribution is -2.26. The first-order chi connectivity index (χ1) is 8.10. The molecular formula is C12H13ClFN3. The van der Waals surface area contributed by atoms with Gasteiger partial charge in [0, 0.05) is 22.9 Å². The molecular weight excluding hydrogens is 241 g/mol. The molecule has 1 aromatic carbocycles. The molecule has 0 spiro atoms. The zero-order valence-corrected chi connectivity index (χ0v) is 10.2. The van der Waals surface area contributed by atoms with Crippen LogP contribution in [0.3, 0.4) is 0 Å². The Morgan fingerprint density at radius 2 is 2.18 bits per heavy atom. The number of halogens is 2. The van der Waals surface area contributed by atoms with Gasteiger partial charge in [0.25, 0.3) is 0 Å². The molecule has 0 saturated heterocycles. The van der Waals surface area contributed by atoms with E-state index in [0.29, 0.717) is 22.8 Å². The highest BCUT2D eigenvalue weighted by molar-refractivity contribution is 6.31. The van der Waals surface area contributed by atoms with Crippen molar-refractivity contribution in [3.63, 3.8) is 0 Å². The molecule has 0 bridgehead atoms. The quantitative estimate of drug-likeness (QED) is 0.866. The second kappa shape index (κ2) is 4.84. The Morgan fingerprint density at radius 1 is 1.41 bits per heavy atom. The van der Waals surface area contributed by atoms with Gasteiger partial charge in [-0.1, -0.05) is 18.5 Å². The molecule has 1 atom stereocenters. The van der Waals surface area contributed by atoms with E-state index in [1.807, 2.05) is 6.92 Å². The molecule has 1 aromatic rings. The lowest BCUT2D eigenvalue weighted by molar-refractivity contribution is 0.626. The Morgan fingerprint density at radius 3 is 2.82 bits per heavy atom. The lowest BCUT2D eigenvalue weighted by atomic mass is 9.90. The molecule has 0 fully saturated rings. The predicted molar refractivity (Wildman–Crippen MR) is 68.0 cm³/mol. The van der Waals surface area contributed by atoms with Crippen molar-refractivity contribution in [3.8, 4) is 0 Å². The average molecular weight is 254 g/mol. The van der Waals surface area contributed by atoms with Crippen molar-refractivity contribution in [3.05, 3.63) is 34.6 Å². The molecule has 90 valence electrons. The van der Waals surface area contributed by atoms with Crippen molar-refractivity contribution in [1.29, 1.82) is 0 Å². The topological polar surface area (TPSA) is 50.7 Å². The Balaban J connectivity index is 2.44. The van der Waals surface area contributed by atoms with Gasteiger partial charge in [0.05, 0.1) is 5.71 Å². The maximum Gasteiger partial charge on any atom is 0.125 e. The summed E-state index contributed by atoms with van der Waals surface area (Å²) in [6, 6.07) is 4.39. The second-order valence-electron chi connectivity index (χ2n) is 4.04. The largest absolute Gasteiger partial charge is 0.386 e. The number of hydrogen-bond acceptors (Lipinski definition) is 3. The van der Waals surface area contributed by atoms with Crippen LogP contribution in [-0.2, 0) is 0 Å². The highest BCUT2D eigenvalue weighted by Gasteiger charge is 2.21. The zero-order chi connectivity index (χ0) is 12.4. The molecule has 0 amide bonds. The number of nitrogens with zero attached hydrogens (tertiary/aromatic N) is 2. The van der Waals surface area contributed by atoms with Gasteiger partial charge in [0.1, 0.15) is 11.7 Å².